The fourth-order valence-corrected chi connectivity index (χ4v) is 4.16. The van der Waals surface area contributed by atoms with Gasteiger partial charge in [0, 0.05) is 12.1 Å². The van der Waals surface area contributed by atoms with Crippen molar-refractivity contribution in [2.24, 2.45) is 0 Å². The van der Waals surface area contributed by atoms with Crippen LogP contribution in [-0.4, -0.2) is 34.8 Å². The zero-order valence-electron chi connectivity index (χ0n) is 16.3. The fraction of sp³-hybridized carbons (Fsp3) is 0.318. The lowest BCUT2D eigenvalue weighted by molar-refractivity contribution is -0.120. The Hall–Kier alpha value is -3.15. The number of hydrogen-bond acceptors (Lipinski definition) is 3. The van der Waals surface area contributed by atoms with Crippen LogP contribution in [0.4, 0.5) is 11.4 Å². The second kappa shape index (κ2) is 6.48. The number of hydrogen-bond donors (Lipinski definition) is 1. The van der Waals surface area contributed by atoms with E-state index in [4.69, 9.17) is 0 Å². The molecule has 6 nitrogen and oxygen atoms in total. The van der Waals surface area contributed by atoms with Crippen LogP contribution >= 0.6 is 0 Å². The molecule has 0 bridgehead atoms. The van der Waals surface area contributed by atoms with Crippen LogP contribution in [0.15, 0.2) is 42.5 Å². The van der Waals surface area contributed by atoms with Crippen molar-refractivity contribution in [1.29, 1.82) is 0 Å². The highest BCUT2D eigenvalue weighted by Crippen LogP contribution is 2.43. The molecule has 144 valence electrons. The topological polar surface area (TPSA) is 69.7 Å². The Morgan fingerprint density at radius 3 is 2.64 bits per heavy atom. The minimum atomic E-state index is -0.832. The number of aryl methyl sites for hydroxylation is 1. The Bertz CT molecular complexity index is 1000. The second-order valence-corrected chi connectivity index (χ2v) is 7.65. The molecule has 2 aliphatic rings. The first-order valence-electron chi connectivity index (χ1n) is 9.43. The average Bonchev–Trinajstić information content (AvgIpc) is 2.98. The molecule has 1 atom stereocenters. The number of carbonyl (C=O) groups is 3. The molecule has 0 spiro atoms. The number of para-hydroxylation sites is 1. The van der Waals surface area contributed by atoms with Gasteiger partial charge in [-0.05, 0) is 56.5 Å². The van der Waals surface area contributed by atoms with Crippen molar-refractivity contribution in [1.82, 2.24) is 4.90 Å². The summed E-state index contributed by atoms with van der Waals surface area (Å²) >= 11 is 0. The van der Waals surface area contributed by atoms with Gasteiger partial charge in [-0.2, -0.15) is 0 Å². The van der Waals surface area contributed by atoms with E-state index < -0.39 is 5.66 Å². The molecule has 28 heavy (non-hydrogen) atoms. The number of rotatable bonds is 3. The lowest BCUT2D eigenvalue weighted by Gasteiger charge is -2.48. The van der Waals surface area contributed by atoms with Gasteiger partial charge in [0.15, 0.2) is 0 Å². The van der Waals surface area contributed by atoms with Gasteiger partial charge < -0.3 is 10.2 Å². The van der Waals surface area contributed by atoms with Crippen molar-refractivity contribution in [2.45, 2.75) is 39.3 Å². The molecule has 0 aromatic heterocycles. The standard InChI is InChI=1S/C22H23N3O3/c1-14-7-6-9-17(15(14)2)23-19(26)13-24-21(28)16-8-4-5-10-18(16)25-20(27)11-12-22(24,25)3/h4-10H,11-13H2,1-3H3,(H,23,26). The normalized spacial score (nSPS) is 20.8. The average molecular weight is 377 g/mol. The molecule has 1 unspecified atom stereocenters. The molecule has 2 aromatic carbocycles. The Kier molecular flexibility index (Phi) is 4.22. The van der Waals surface area contributed by atoms with Crippen molar-refractivity contribution in [3.63, 3.8) is 0 Å². The minimum absolute atomic E-state index is 0.0256. The maximum absolute atomic E-state index is 13.2. The van der Waals surface area contributed by atoms with E-state index in [1.807, 2.05) is 45.0 Å². The number of nitrogens with zero attached hydrogens (tertiary/aromatic N) is 2. The molecule has 0 aliphatic carbocycles. The van der Waals surface area contributed by atoms with Gasteiger partial charge in [0.05, 0.1) is 11.3 Å². The molecule has 1 N–H and O–H groups in total. The third kappa shape index (κ3) is 2.68. The summed E-state index contributed by atoms with van der Waals surface area (Å²) in [6.45, 7) is 5.68. The van der Waals surface area contributed by atoms with Crippen molar-refractivity contribution in [3.05, 3.63) is 59.2 Å². The zero-order chi connectivity index (χ0) is 20.1. The quantitative estimate of drug-likeness (QED) is 0.893. The van der Waals surface area contributed by atoms with Crippen molar-refractivity contribution >= 4 is 29.1 Å². The first-order valence-corrected chi connectivity index (χ1v) is 9.43. The molecule has 2 heterocycles. The fourth-order valence-electron chi connectivity index (χ4n) is 4.16. The monoisotopic (exact) mass is 377 g/mol. The maximum Gasteiger partial charge on any atom is 0.258 e. The van der Waals surface area contributed by atoms with Crippen molar-refractivity contribution < 1.29 is 14.4 Å². The van der Waals surface area contributed by atoms with Crippen LogP contribution < -0.4 is 10.2 Å². The molecule has 1 saturated heterocycles. The van der Waals surface area contributed by atoms with Crippen LogP contribution in [0.3, 0.4) is 0 Å². The number of carbonyl (C=O) groups excluding carboxylic acids is 3. The van der Waals surface area contributed by atoms with E-state index in [1.54, 1.807) is 23.1 Å². The highest BCUT2D eigenvalue weighted by Gasteiger charge is 2.53. The highest BCUT2D eigenvalue weighted by atomic mass is 16.2. The molecule has 4 rings (SSSR count). The van der Waals surface area contributed by atoms with Crippen molar-refractivity contribution in [2.75, 3.05) is 16.8 Å². The highest BCUT2D eigenvalue weighted by molar-refractivity contribution is 6.11. The molecular formula is C22H23N3O3. The first kappa shape index (κ1) is 18.2. The molecule has 0 saturated carbocycles. The van der Waals surface area contributed by atoms with E-state index in [1.165, 1.54) is 4.90 Å². The van der Waals surface area contributed by atoms with Crippen LogP contribution in [0.5, 0.6) is 0 Å². The lowest BCUT2D eigenvalue weighted by atomic mass is 9.98. The number of anilines is 2. The van der Waals surface area contributed by atoms with Crippen LogP contribution in [0.2, 0.25) is 0 Å². The maximum atomic E-state index is 13.2. The summed E-state index contributed by atoms with van der Waals surface area (Å²) in [6, 6.07) is 12.8. The summed E-state index contributed by atoms with van der Waals surface area (Å²) in [5.74, 6) is -0.524. The van der Waals surface area contributed by atoms with Gasteiger partial charge in [-0.25, -0.2) is 0 Å². The lowest BCUT2D eigenvalue weighted by Crippen LogP contribution is -2.63. The molecule has 6 heteroatoms. The summed E-state index contributed by atoms with van der Waals surface area (Å²) in [7, 11) is 0. The Morgan fingerprint density at radius 2 is 1.86 bits per heavy atom. The SMILES string of the molecule is Cc1cccc(NC(=O)CN2C(=O)c3ccccc3N3C(=O)CCC23C)c1C. The number of amides is 3. The zero-order valence-corrected chi connectivity index (χ0v) is 16.3. The minimum Gasteiger partial charge on any atom is -0.324 e. The van der Waals surface area contributed by atoms with Crippen LogP contribution in [0.1, 0.15) is 41.3 Å². The Balaban J connectivity index is 1.65. The van der Waals surface area contributed by atoms with Gasteiger partial charge in [0.2, 0.25) is 11.8 Å². The van der Waals surface area contributed by atoms with E-state index in [0.717, 1.165) is 16.8 Å². The van der Waals surface area contributed by atoms with Crippen LogP contribution in [0.25, 0.3) is 0 Å². The van der Waals surface area contributed by atoms with Gasteiger partial charge in [0.25, 0.3) is 5.91 Å². The smallest absolute Gasteiger partial charge is 0.258 e. The van der Waals surface area contributed by atoms with E-state index in [9.17, 15) is 14.4 Å². The Labute approximate surface area is 164 Å². The molecule has 2 aliphatic heterocycles. The van der Waals surface area contributed by atoms with Gasteiger partial charge in [-0.15, -0.1) is 0 Å². The predicted molar refractivity (Wildman–Crippen MR) is 107 cm³/mol. The third-order valence-electron chi connectivity index (χ3n) is 5.93. The third-order valence-corrected chi connectivity index (χ3v) is 5.93. The van der Waals surface area contributed by atoms with Gasteiger partial charge in [0.1, 0.15) is 12.2 Å². The van der Waals surface area contributed by atoms with Crippen LogP contribution in [0, 0.1) is 13.8 Å². The number of fused-ring (bicyclic) bond motifs is 3. The van der Waals surface area contributed by atoms with E-state index in [2.05, 4.69) is 5.32 Å². The van der Waals surface area contributed by atoms with Gasteiger partial charge >= 0.3 is 0 Å². The molecule has 3 amide bonds. The molecule has 2 aromatic rings. The van der Waals surface area contributed by atoms with Crippen LogP contribution in [-0.2, 0) is 9.59 Å². The second-order valence-electron chi connectivity index (χ2n) is 7.65. The molecule has 0 radical (unpaired) electrons. The Morgan fingerprint density at radius 1 is 1.11 bits per heavy atom. The predicted octanol–water partition coefficient (Wildman–Crippen LogP) is 3.24. The summed E-state index contributed by atoms with van der Waals surface area (Å²) in [4.78, 5) is 41.8. The summed E-state index contributed by atoms with van der Waals surface area (Å²) in [6.07, 6.45) is 0.857. The first-order chi connectivity index (χ1) is 13.3. The number of nitrogens with one attached hydrogen (secondary N) is 1. The van der Waals surface area contributed by atoms with E-state index in [-0.39, 0.29) is 24.3 Å². The largest absolute Gasteiger partial charge is 0.324 e. The molecule has 1 fully saturated rings. The summed E-state index contributed by atoms with van der Waals surface area (Å²) in [5.41, 5.74) is 3.06. The summed E-state index contributed by atoms with van der Waals surface area (Å²) in [5, 5.41) is 2.91. The van der Waals surface area contributed by atoms with Gasteiger partial charge in [-0.3, -0.25) is 19.3 Å². The molecular weight excluding hydrogens is 354 g/mol. The van der Waals surface area contributed by atoms with Gasteiger partial charge in [-0.1, -0.05) is 24.3 Å². The summed E-state index contributed by atoms with van der Waals surface area (Å²) < 4.78 is 0. The number of benzene rings is 2. The van der Waals surface area contributed by atoms with Crippen molar-refractivity contribution in [3.8, 4) is 0 Å². The van der Waals surface area contributed by atoms with E-state index in [0.29, 0.717) is 24.1 Å². The van der Waals surface area contributed by atoms with E-state index >= 15 is 0 Å².